The van der Waals surface area contributed by atoms with Crippen LogP contribution >= 0.6 is 11.6 Å². The van der Waals surface area contributed by atoms with Crippen molar-refractivity contribution in [3.63, 3.8) is 0 Å². The molecule has 0 aromatic rings. The van der Waals surface area contributed by atoms with Gasteiger partial charge >= 0.3 is 5.97 Å². The number of ketones is 1. The summed E-state index contributed by atoms with van der Waals surface area (Å²) in [7, 11) is 0. The lowest BCUT2D eigenvalue weighted by Gasteiger charge is -2.16. The fourth-order valence-corrected chi connectivity index (χ4v) is 1.09. The van der Waals surface area contributed by atoms with Crippen LogP contribution in [-0.2, 0) is 14.3 Å². The molecule has 76 valence electrons. The van der Waals surface area contributed by atoms with Gasteiger partial charge in [-0.15, -0.1) is 11.6 Å². The summed E-state index contributed by atoms with van der Waals surface area (Å²) in [6.07, 6.45) is -1.17. The number of halogens is 1. The minimum absolute atomic E-state index is 0.164. The predicted molar refractivity (Wildman–Crippen MR) is 47.5 cm³/mol. The molecule has 0 radical (unpaired) electrons. The summed E-state index contributed by atoms with van der Waals surface area (Å²) in [6, 6.07) is 0. The van der Waals surface area contributed by atoms with E-state index in [1.165, 1.54) is 6.92 Å². The molecule has 0 saturated heterocycles. The molecule has 5 heteroatoms. The Labute approximate surface area is 81.8 Å². The van der Waals surface area contributed by atoms with E-state index in [0.717, 1.165) is 0 Å². The van der Waals surface area contributed by atoms with Crippen LogP contribution in [0.2, 0.25) is 0 Å². The number of carbonyl (C=O) groups is 2. The molecule has 0 aliphatic carbocycles. The summed E-state index contributed by atoms with van der Waals surface area (Å²) in [5, 5.41) is 9.23. The maximum atomic E-state index is 11.1. The van der Waals surface area contributed by atoms with Gasteiger partial charge < -0.3 is 9.84 Å². The number of ether oxygens (including phenoxy) is 1. The fourth-order valence-electron chi connectivity index (χ4n) is 0.915. The van der Waals surface area contributed by atoms with Crippen LogP contribution in [0, 0.1) is 5.92 Å². The monoisotopic (exact) mass is 208 g/mol. The minimum atomic E-state index is -1.17. The number of Topliss-reactive ketones (excluding diaryl/α,β-unsaturated/α-hetero) is 1. The molecule has 0 saturated carbocycles. The highest BCUT2D eigenvalue weighted by molar-refractivity contribution is 6.18. The first-order valence-electron chi connectivity index (χ1n) is 3.95. The first kappa shape index (κ1) is 12.4. The summed E-state index contributed by atoms with van der Waals surface area (Å²) < 4.78 is 4.61. The second-order valence-electron chi connectivity index (χ2n) is 2.56. The van der Waals surface area contributed by atoms with Crippen LogP contribution < -0.4 is 0 Å². The number of rotatable bonds is 5. The molecular formula is C8H13ClO4. The standard InChI is InChI=1S/C8H13ClO4/c1-3-13-8(12)7(5(2)10)6(11)4-9/h6-7,11H,3-4H2,1-2H3. The summed E-state index contributed by atoms with van der Waals surface area (Å²) >= 11 is 5.33. The molecule has 0 heterocycles. The van der Waals surface area contributed by atoms with E-state index in [1.807, 2.05) is 0 Å². The number of aliphatic hydroxyl groups is 1. The molecular weight excluding hydrogens is 196 g/mol. The molecule has 0 aliphatic heterocycles. The first-order chi connectivity index (χ1) is 6.04. The largest absolute Gasteiger partial charge is 0.465 e. The Morgan fingerprint density at radius 3 is 2.38 bits per heavy atom. The molecule has 0 spiro atoms. The Kier molecular flexibility index (Phi) is 5.66. The van der Waals surface area contributed by atoms with E-state index in [1.54, 1.807) is 6.92 Å². The summed E-state index contributed by atoms with van der Waals surface area (Å²) in [4.78, 5) is 22.1. The van der Waals surface area contributed by atoms with Crippen molar-refractivity contribution in [3.8, 4) is 0 Å². The lowest BCUT2D eigenvalue weighted by Crippen LogP contribution is -2.36. The van der Waals surface area contributed by atoms with E-state index in [0.29, 0.717) is 0 Å². The normalized spacial score (nSPS) is 14.8. The molecule has 0 fully saturated rings. The number of aliphatic hydroxyl groups excluding tert-OH is 1. The average molecular weight is 209 g/mol. The smallest absolute Gasteiger partial charge is 0.319 e. The van der Waals surface area contributed by atoms with Crippen LogP contribution in [0.4, 0.5) is 0 Å². The summed E-state index contributed by atoms with van der Waals surface area (Å²) in [6.45, 7) is 3.02. The van der Waals surface area contributed by atoms with E-state index < -0.39 is 23.8 Å². The SMILES string of the molecule is CCOC(=O)C(C(C)=O)C(O)CCl. The lowest BCUT2D eigenvalue weighted by atomic mass is 10.00. The molecule has 0 aromatic carbocycles. The van der Waals surface area contributed by atoms with E-state index in [4.69, 9.17) is 11.6 Å². The third kappa shape index (κ3) is 3.74. The molecule has 4 nitrogen and oxygen atoms in total. The van der Waals surface area contributed by atoms with Gasteiger partial charge in [0.1, 0.15) is 11.7 Å². The van der Waals surface area contributed by atoms with Crippen LogP contribution in [-0.4, -0.2) is 35.4 Å². The second kappa shape index (κ2) is 5.94. The van der Waals surface area contributed by atoms with Gasteiger partial charge in [-0.3, -0.25) is 9.59 Å². The van der Waals surface area contributed by atoms with Gasteiger partial charge in [0.05, 0.1) is 12.7 Å². The Balaban J connectivity index is 4.41. The van der Waals surface area contributed by atoms with Gasteiger partial charge in [-0.2, -0.15) is 0 Å². The quantitative estimate of drug-likeness (QED) is 0.403. The van der Waals surface area contributed by atoms with Crippen LogP contribution in [0.15, 0.2) is 0 Å². The number of carbonyl (C=O) groups excluding carboxylic acids is 2. The van der Waals surface area contributed by atoms with Gasteiger partial charge in [-0.1, -0.05) is 0 Å². The number of hydrogen-bond acceptors (Lipinski definition) is 4. The van der Waals surface area contributed by atoms with Crippen molar-refractivity contribution >= 4 is 23.4 Å². The topological polar surface area (TPSA) is 63.6 Å². The van der Waals surface area contributed by atoms with Crippen molar-refractivity contribution in [3.05, 3.63) is 0 Å². The van der Waals surface area contributed by atoms with Crippen LogP contribution in [0.3, 0.4) is 0 Å². The van der Waals surface area contributed by atoms with Crippen LogP contribution in [0.5, 0.6) is 0 Å². The third-order valence-corrected chi connectivity index (χ3v) is 1.84. The van der Waals surface area contributed by atoms with Gasteiger partial charge in [0.15, 0.2) is 0 Å². The van der Waals surface area contributed by atoms with Gasteiger partial charge in [0.2, 0.25) is 0 Å². The van der Waals surface area contributed by atoms with Crippen LogP contribution in [0.1, 0.15) is 13.8 Å². The number of alkyl halides is 1. The molecule has 0 rings (SSSR count). The lowest BCUT2D eigenvalue weighted by molar-refractivity contribution is -0.155. The highest BCUT2D eigenvalue weighted by atomic mass is 35.5. The first-order valence-corrected chi connectivity index (χ1v) is 4.49. The Hall–Kier alpha value is -0.610. The molecule has 0 aliphatic rings. The Morgan fingerprint density at radius 1 is 1.54 bits per heavy atom. The molecule has 1 N–H and O–H groups in total. The highest BCUT2D eigenvalue weighted by Crippen LogP contribution is 2.09. The Morgan fingerprint density at radius 2 is 2.08 bits per heavy atom. The molecule has 2 atom stereocenters. The zero-order chi connectivity index (χ0) is 10.4. The van der Waals surface area contributed by atoms with E-state index >= 15 is 0 Å². The second-order valence-corrected chi connectivity index (χ2v) is 2.87. The molecule has 0 amide bonds. The van der Waals surface area contributed by atoms with Crippen molar-refractivity contribution in [1.29, 1.82) is 0 Å². The summed E-state index contributed by atoms with van der Waals surface area (Å²) in [5.41, 5.74) is 0. The molecule has 2 unspecified atom stereocenters. The van der Waals surface area contributed by atoms with Gasteiger partial charge in [0, 0.05) is 5.88 Å². The zero-order valence-corrected chi connectivity index (χ0v) is 8.37. The zero-order valence-electron chi connectivity index (χ0n) is 7.62. The maximum Gasteiger partial charge on any atom is 0.319 e. The molecule has 0 bridgehead atoms. The number of hydrogen-bond donors (Lipinski definition) is 1. The van der Waals surface area contributed by atoms with E-state index in [-0.39, 0.29) is 12.5 Å². The van der Waals surface area contributed by atoms with Crippen molar-refractivity contribution in [2.45, 2.75) is 20.0 Å². The fraction of sp³-hybridized carbons (Fsp3) is 0.750. The number of esters is 1. The average Bonchev–Trinajstić information content (AvgIpc) is 2.04. The van der Waals surface area contributed by atoms with Crippen molar-refractivity contribution in [1.82, 2.24) is 0 Å². The van der Waals surface area contributed by atoms with Crippen molar-refractivity contribution < 1.29 is 19.4 Å². The molecule has 0 aromatic heterocycles. The van der Waals surface area contributed by atoms with Crippen molar-refractivity contribution in [2.24, 2.45) is 5.92 Å². The van der Waals surface area contributed by atoms with Gasteiger partial charge in [0.25, 0.3) is 0 Å². The van der Waals surface area contributed by atoms with Crippen molar-refractivity contribution in [2.75, 3.05) is 12.5 Å². The Bertz CT molecular complexity index is 193. The van der Waals surface area contributed by atoms with Gasteiger partial charge in [-0.25, -0.2) is 0 Å². The van der Waals surface area contributed by atoms with Crippen LogP contribution in [0.25, 0.3) is 0 Å². The minimum Gasteiger partial charge on any atom is -0.465 e. The maximum absolute atomic E-state index is 11.1. The third-order valence-electron chi connectivity index (χ3n) is 1.52. The van der Waals surface area contributed by atoms with E-state index in [9.17, 15) is 14.7 Å². The van der Waals surface area contributed by atoms with Gasteiger partial charge in [-0.05, 0) is 13.8 Å². The van der Waals surface area contributed by atoms with E-state index in [2.05, 4.69) is 4.74 Å². The summed E-state index contributed by atoms with van der Waals surface area (Å²) in [5.74, 6) is -2.48. The highest BCUT2D eigenvalue weighted by Gasteiger charge is 2.31. The predicted octanol–water partition coefficient (Wildman–Crippen LogP) is 0.354. The molecule has 13 heavy (non-hydrogen) atoms.